The summed E-state index contributed by atoms with van der Waals surface area (Å²) in [7, 11) is 0. The molecule has 0 atom stereocenters. The van der Waals surface area contributed by atoms with Crippen molar-refractivity contribution in [2.75, 3.05) is 0 Å². The maximum Gasteiger partial charge on any atom is 0.368 e. The number of hydrogen-bond donors (Lipinski definition) is 0. The van der Waals surface area contributed by atoms with E-state index in [1.807, 2.05) is 48.5 Å². The van der Waals surface area contributed by atoms with E-state index in [0.29, 0.717) is 33.7 Å². The molecule has 4 rings (SSSR count). The first kappa shape index (κ1) is 19.2. The maximum absolute atomic E-state index is 12.3. The molecule has 1 heterocycles. The number of para-hydroxylation sites is 1. The lowest BCUT2D eigenvalue weighted by Crippen LogP contribution is -2.07. The molecule has 0 bridgehead atoms. The first-order valence-corrected chi connectivity index (χ1v) is 9.59. The molecule has 0 saturated carbocycles. The van der Waals surface area contributed by atoms with Crippen LogP contribution in [-0.2, 0) is 16.2 Å². The van der Waals surface area contributed by atoms with Crippen molar-refractivity contribution >= 4 is 41.0 Å². The fourth-order valence-electron chi connectivity index (χ4n) is 2.85. The van der Waals surface area contributed by atoms with Gasteiger partial charge in [-0.05, 0) is 42.0 Å². The third kappa shape index (κ3) is 4.50. The number of ether oxygens (including phenoxy) is 1. The van der Waals surface area contributed by atoms with Gasteiger partial charge in [0, 0.05) is 21.2 Å². The minimum Gasteiger partial charge on any atom is -0.488 e. The largest absolute Gasteiger partial charge is 0.488 e. The Balaban J connectivity index is 1.61. The molecule has 0 amide bonds. The number of carbonyl (C=O) groups excluding carboxylic acids is 1. The summed E-state index contributed by atoms with van der Waals surface area (Å²) in [5.41, 5.74) is 3.29. The number of nitrogens with zero attached hydrogens (tertiary/aromatic N) is 1. The van der Waals surface area contributed by atoms with Gasteiger partial charge in [0.25, 0.3) is 0 Å². The van der Waals surface area contributed by atoms with E-state index in [4.69, 9.17) is 32.8 Å². The van der Waals surface area contributed by atoms with Crippen LogP contribution in [-0.4, -0.2) is 11.7 Å². The van der Waals surface area contributed by atoms with Crippen molar-refractivity contribution in [1.82, 2.24) is 0 Å². The highest BCUT2D eigenvalue weighted by Crippen LogP contribution is 2.27. The smallest absolute Gasteiger partial charge is 0.368 e. The Labute approximate surface area is 178 Å². The lowest BCUT2D eigenvalue weighted by molar-refractivity contribution is -0.136. The lowest BCUT2D eigenvalue weighted by atomic mass is 10.0. The Morgan fingerprint density at radius 1 is 0.897 bits per heavy atom. The Morgan fingerprint density at radius 2 is 1.55 bits per heavy atom. The van der Waals surface area contributed by atoms with Crippen molar-refractivity contribution < 1.29 is 14.4 Å². The number of oxime groups is 1. The van der Waals surface area contributed by atoms with E-state index in [-0.39, 0.29) is 0 Å². The van der Waals surface area contributed by atoms with Gasteiger partial charge in [0.15, 0.2) is 0 Å². The summed E-state index contributed by atoms with van der Waals surface area (Å²) in [4.78, 5) is 17.2. The van der Waals surface area contributed by atoms with Gasteiger partial charge >= 0.3 is 5.97 Å². The van der Waals surface area contributed by atoms with Gasteiger partial charge in [-0.1, -0.05) is 70.8 Å². The van der Waals surface area contributed by atoms with Crippen LogP contribution in [0.1, 0.15) is 16.7 Å². The average molecular weight is 424 g/mol. The van der Waals surface area contributed by atoms with E-state index >= 15 is 0 Å². The minimum atomic E-state index is -0.512. The SMILES string of the molecule is O=C1ON=C(c2ccc(Cl)cc2)/C1=C\c1ccccc1OCc1ccc(Cl)cc1. The molecule has 3 aromatic carbocycles. The molecule has 4 nitrogen and oxygen atoms in total. The Morgan fingerprint density at radius 3 is 2.28 bits per heavy atom. The molecule has 0 N–H and O–H groups in total. The summed E-state index contributed by atoms with van der Waals surface area (Å²) in [6.07, 6.45) is 1.72. The monoisotopic (exact) mass is 423 g/mol. The van der Waals surface area contributed by atoms with Crippen LogP contribution in [0.15, 0.2) is 83.5 Å². The van der Waals surface area contributed by atoms with Crippen molar-refractivity contribution in [2.24, 2.45) is 5.16 Å². The molecule has 0 spiro atoms. The highest BCUT2D eigenvalue weighted by molar-refractivity contribution is 6.32. The van der Waals surface area contributed by atoms with Gasteiger partial charge in [-0.2, -0.15) is 0 Å². The molecule has 0 unspecified atom stereocenters. The van der Waals surface area contributed by atoms with Gasteiger partial charge in [0.2, 0.25) is 0 Å². The zero-order valence-electron chi connectivity index (χ0n) is 15.1. The molecule has 6 heteroatoms. The fraction of sp³-hybridized carbons (Fsp3) is 0.0435. The molecule has 3 aromatic rings. The highest BCUT2D eigenvalue weighted by atomic mass is 35.5. The number of carbonyl (C=O) groups is 1. The second-order valence-electron chi connectivity index (χ2n) is 6.34. The first-order valence-electron chi connectivity index (χ1n) is 8.84. The predicted molar refractivity (Wildman–Crippen MR) is 114 cm³/mol. The molecular formula is C23H15Cl2NO3. The second kappa shape index (κ2) is 8.52. The number of rotatable bonds is 5. The molecule has 0 saturated heterocycles. The fourth-order valence-corrected chi connectivity index (χ4v) is 3.11. The van der Waals surface area contributed by atoms with Crippen LogP contribution in [0.25, 0.3) is 6.08 Å². The van der Waals surface area contributed by atoms with Crippen molar-refractivity contribution in [2.45, 2.75) is 6.61 Å². The lowest BCUT2D eigenvalue weighted by Gasteiger charge is -2.10. The van der Waals surface area contributed by atoms with Gasteiger partial charge in [-0.15, -0.1) is 0 Å². The number of halogens is 2. The van der Waals surface area contributed by atoms with Gasteiger partial charge in [-0.3, -0.25) is 0 Å². The molecule has 0 radical (unpaired) electrons. The van der Waals surface area contributed by atoms with E-state index < -0.39 is 5.97 Å². The topological polar surface area (TPSA) is 47.9 Å². The van der Waals surface area contributed by atoms with Crippen LogP contribution in [0.5, 0.6) is 5.75 Å². The number of benzene rings is 3. The minimum absolute atomic E-state index is 0.356. The van der Waals surface area contributed by atoms with Crippen LogP contribution in [0.4, 0.5) is 0 Å². The predicted octanol–water partition coefficient (Wildman–Crippen LogP) is 5.92. The van der Waals surface area contributed by atoms with Gasteiger partial charge in [0.05, 0.1) is 5.57 Å². The Kier molecular flexibility index (Phi) is 5.65. The zero-order chi connectivity index (χ0) is 20.2. The summed E-state index contributed by atoms with van der Waals surface area (Å²) in [5.74, 6) is 0.132. The van der Waals surface area contributed by atoms with E-state index in [1.54, 1.807) is 30.3 Å². The highest BCUT2D eigenvalue weighted by Gasteiger charge is 2.27. The van der Waals surface area contributed by atoms with Crippen LogP contribution >= 0.6 is 23.2 Å². The van der Waals surface area contributed by atoms with Gasteiger partial charge in [-0.25, -0.2) is 4.79 Å². The molecule has 0 fully saturated rings. The van der Waals surface area contributed by atoms with Crippen LogP contribution in [0.3, 0.4) is 0 Å². The van der Waals surface area contributed by atoms with E-state index in [2.05, 4.69) is 5.16 Å². The number of hydrogen-bond acceptors (Lipinski definition) is 4. The summed E-state index contributed by atoms with van der Waals surface area (Å²) < 4.78 is 5.97. The summed E-state index contributed by atoms with van der Waals surface area (Å²) in [6, 6.07) is 22.0. The van der Waals surface area contributed by atoms with Crippen LogP contribution in [0, 0.1) is 0 Å². The van der Waals surface area contributed by atoms with Crippen molar-refractivity contribution in [3.05, 3.63) is 105 Å². The normalized spacial score (nSPS) is 14.6. The molecule has 1 aliphatic heterocycles. The zero-order valence-corrected chi connectivity index (χ0v) is 16.7. The quantitative estimate of drug-likeness (QED) is 0.378. The van der Waals surface area contributed by atoms with E-state index in [1.165, 1.54) is 0 Å². The van der Waals surface area contributed by atoms with Gasteiger partial charge < -0.3 is 9.57 Å². The molecule has 144 valence electrons. The standard InChI is InChI=1S/C23H15Cl2NO3/c24-18-9-5-15(6-10-18)14-28-21-4-2-1-3-17(21)13-20-22(26-29-23(20)27)16-7-11-19(25)12-8-16/h1-13H,14H2/b20-13+. The summed E-state index contributed by atoms with van der Waals surface area (Å²) in [5, 5.41) is 5.20. The van der Waals surface area contributed by atoms with E-state index in [0.717, 1.165) is 16.7 Å². The average Bonchev–Trinajstić information content (AvgIpc) is 3.09. The van der Waals surface area contributed by atoms with E-state index in [9.17, 15) is 4.79 Å². The molecule has 0 aliphatic carbocycles. The first-order chi connectivity index (χ1) is 14.1. The maximum atomic E-state index is 12.3. The van der Waals surface area contributed by atoms with Crippen molar-refractivity contribution in [3.63, 3.8) is 0 Å². The third-order valence-electron chi connectivity index (χ3n) is 4.34. The summed E-state index contributed by atoms with van der Waals surface area (Å²) >= 11 is 11.9. The van der Waals surface area contributed by atoms with Crippen molar-refractivity contribution in [1.29, 1.82) is 0 Å². The molecule has 1 aliphatic rings. The molecular weight excluding hydrogens is 409 g/mol. The molecule has 29 heavy (non-hydrogen) atoms. The van der Waals surface area contributed by atoms with Crippen LogP contribution in [0.2, 0.25) is 10.0 Å². The summed E-state index contributed by atoms with van der Waals surface area (Å²) in [6.45, 7) is 0.375. The van der Waals surface area contributed by atoms with Gasteiger partial charge in [0.1, 0.15) is 18.1 Å². The van der Waals surface area contributed by atoms with Crippen molar-refractivity contribution in [3.8, 4) is 5.75 Å². The second-order valence-corrected chi connectivity index (χ2v) is 7.21. The Hall–Kier alpha value is -3.08. The van der Waals surface area contributed by atoms with Crippen LogP contribution < -0.4 is 4.74 Å². The third-order valence-corrected chi connectivity index (χ3v) is 4.84. The Bertz CT molecular complexity index is 1100. The molecule has 0 aromatic heterocycles.